The van der Waals surface area contributed by atoms with E-state index in [1.165, 1.54) is 39.9 Å². The number of unbranched alkanes of at least 4 members (excludes halogenated alkanes) is 4. The predicted octanol–water partition coefficient (Wildman–Crippen LogP) is 17.0. The minimum Gasteiger partial charge on any atom is -0.482 e. The minimum atomic E-state index is -2.23. The molecule has 0 radical (unpaired) electrons. The molecule has 2 saturated heterocycles. The third kappa shape index (κ3) is 22.5. The Morgan fingerprint density at radius 1 is 0.729 bits per heavy atom. The van der Waals surface area contributed by atoms with Crippen LogP contribution >= 0.6 is 0 Å². The maximum absolute atomic E-state index is 13.7. The summed E-state index contributed by atoms with van der Waals surface area (Å²) < 4.78 is 60.2. The quantitative estimate of drug-likeness (QED) is 0.0241. The monoisotopic (exact) mass is 1220 g/mol. The highest BCUT2D eigenvalue weighted by Crippen LogP contribution is 2.53. The summed E-state index contributed by atoms with van der Waals surface area (Å²) in [6, 6.07) is 11.8. The molecule has 0 N–H and O–H groups in total. The first-order valence-electron chi connectivity index (χ1n) is 31.8. The number of fused-ring (bicyclic) bond motifs is 2. The number of rotatable bonds is 30. The summed E-state index contributed by atoms with van der Waals surface area (Å²) in [5.74, 6) is 7.67. The molecule has 478 valence electrons. The zero-order valence-corrected chi connectivity index (χ0v) is 56.3. The fraction of sp³-hybridized carbons (Fsp3) is 0.700. The number of allylic oxidation sites excluding steroid dienone is 2. The molecule has 15 heteroatoms. The Bertz CT molecular complexity index is 2480. The highest BCUT2D eigenvalue weighted by Gasteiger charge is 2.47. The highest BCUT2D eigenvalue weighted by atomic mass is 28.4. The number of methoxy groups -OCH3 is 2. The van der Waals surface area contributed by atoms with Gasteiger partial charge >= 0.3 is 11.9 Å². The summed E-state index contributed by atoms with van der Waals surface area (Å²) in [6.07, 6.45) is 21.4. The summed E-state index contributed by atoms with van der Waals surface area (Å²) in [6.45, 7) is 32.1. The van der Waals surface area contributed by atoms with Gasteiger partial charge in [-0.15, -0.1) is 12.5 Å². The Morgan fingerprint density at radius 3 is 1.81 bits per heavy atom. The van der Waals surface area contributed by atoms with Crippen molar-refractivity contribution < 1.29 is 61.1 Å². The number of carbonyl (C=O) groups is 3. The Hall–Kier alpha value is -4.12. The maximum atomic E-state index is 13.7. The van der Waals surface area contributed by atoms with Crippen molar-refractivity contribution in [2.24, 2.45) is 5.92 Å². The van der Waals surface area contributed by atoms with Crippen LogP contribution in [0.25, 0.3) is 0 Å². The van der Waals surface area contributed by atoms with Crippen LogP contribution < -0.4 is 9.47 Å². The number of benzene rings is 2. The zero-order valence-electron chi connectivity index (χ0n) is 54.3. The molecule has 0 aromatic heterocycles. The van der Waals surface area contributed by atoms with E-state index in [1.807, 2.05) is 36.4 Å². The molecule has 0 spiro atoms. The van der Waals surface area contributed by atoms with Gasteiger partial charge in [-0.2, -0.15) is 0 Å². The third-order valence-corrected chi connectivity index (χ3v) is 26.8. The van der Waals surface area contributed by atoms with Gasteiger partial charge in [0.05, 0.1) is 32.5 Å². The van der Waals surface area contributed by atoms with Crippen LogP contribution in [-0.4, -0.2) is 99.8 Å². The van der Waals surface area contributed by atoms with E-state index in [2.05, 4.69) is 106 Å². The van der Waals surface area contributed by atoms with Gasteiger partial charge in [0.2, 0.25) is 0 Å². The first kappa shape index (κ1) is 73.4. The summed E-state index contributed by atoms with van der Waals surface area (Å²) >= 11 is 0. The van der Waals surface area contributed by atoms with Gasteiger partial charge in [0.15, 0.2) is 48.2 Å². The summed E-state index contributed by atoms with van der Waals surface area (Å²) in [5.41, 5.74) is 6.07. The van der Waals surface area contributed by atoms with Crippen molar-refractivity contribution in [3.05, 3.63) is 82.5 Å². The van der Waals surface area contributed by atoms with E-state index in [9.17, 15) is 14.4 Å². The second kappa shape index (κ2) is 35.8. The van der Waals surface area contributed by atoms with Gasteiger partial charge in [-0.3, -0.25) is 4.79 Å². The molecule has 13 nitrogen and oxygen atoms in total. The molecule has 0 bridgehead atoms. The molecule has 0 saturated carbocycles. The standard InChI is InChI=1S/C35H54O7Si.C34H54O6Si.CH4/c1-8-9-10-14-25(41-32-17-11-12-20-39-32)18-19-27-29(36)22-24-21-28-26(15-13-16-30(28)40-23-31(37)38-5)34(33(24)27)42-43(6,7)35(2,3)4;1-9-11-12-19-27(39-33-24-15-16-25-37-33)20-13-14-22-31(40-41(7,8)34(3,4)5)29-21-17-23-30(28(29)18-10-2)38-26-32(35)36-6;/h13,15-16,24-25,32,34H,8-12,14,17-23H2,1-7H3;10,17,21,23,27,31,33H,2,9,11-13,15-16,18-20,24-26H2,1,3-8H3;1H4/t24-,25-,32?,34+;27-,31-,33?;/m00./s1. The van der Waals surface area contributed by atoms with Crippen LogP contribution in [0.2, 0.25) is 36.3 Å². The molecule has 2 aromatic carbocycles. The lowest BCUT2D eigenvalue weighted by Gasteiger charge is -2.43. The van der Waals surface area contributed by atoms with Crippen molar-refractivity contribution in [2.45, 2.75) is 271 Å². The molecule has 2 heterocycles. The third-order valence-electron chi connectivity index (χ3n) is 17.9. The molecule has 7 atom stereocenters. The Morgan fingerprint density at radius 2 is 1.28 bits per heavy atom. The molecule has 2 unspecified atom stereocenters. The molecule has 2 aliphatic heterocycles. The van der Waals surface area contributed by atoms with E-state index < -0.39 is 34.7 Å². The average Bonchev–Trinajstić information content (AvgIpc) is 3.91. The van der Waals surface area contributed by atoms with E-state index in [1.54, 1.807) is 0 Å². The number of carbonyl (C=O) groups excluding carboxylic acids is 3. The fourth-order valence-corrected chi connectivity index (χ4v) is 13.2. The number of esters is 2. The number of ether oxygens (including phenoxy) is 8. The normalized spacial score (nSPS) is 20.0. The average molecular weight is 1220 g/mol. The van der Waals surface area contributed by atoms with Gasteiger partial charge in [-0.05, 0) is 160 Å². The molecule has 2 aromatic rings. The van der Waals surface area contributed by atoms with E-state index in [0.29, 0.717) is 37.2 Å². The van der Waals surface area contributed by atoms with Crippen LogP contribution in [0.1, 0.15) is 219 Å². The van der Waals surface area contributed by atoms with Crippen molar-refractivity contribution >= 4 is 34.4 Å². The minimum absolute atomic E-state index is 0. The van der Waals surface area contributed by atoms with Crippen LogP contribution in [0.3, 0.4) is 0 Å². The molecule has 0 amide bonds. The second-order valence-electron chi connectivity index (χ2n) is 26.3. The molecule has 2 fully saturated rings. The number of hydrogen-bond acceptors (Lipinski definition) is 13. The van der Waals surface area contributed by atoms with Crippen LogP contribution in [0, 0.1) is 17.8 Å². The largest absolute Gasteiger partial charge is 0.482 e. The summed E-state index contributed by atoms with van der Waals surface area (Å²) in [5, 5.41) is 0.0172. The summed E-state index contributed by atoms with van der Waals surface area (Å²) in [4.78, 5) is 37.4. The Balaban J connectivity index is 0.000000361. The molecular formula is C70H112O13Si2. The lowest BCUT2D eigenvalue weighted by molar-refractivity contribution is -0.190. The highest BCUT2D eigenvalue weighted by molar-refractivity contribution is 6.74. The molecule has 4 aliphatic rings. The molecule has 6 rings (SSSR count). The second-order valence-corrected chi connectivity index (χ2v) is 35.9. The van der Waals surface area contributed by atoms with Gasteiger partial charge in [0.25, 0.3) is 0 Å². The van der Waals surface area contributed by atoms with Crippen LogP contribution in [0.5, 0.6) is 11.5 Å². The van der Waals surface area contributed by atoms with Crippen LogP contribution in [-0.2, 0) is 64.5 Å². The van der Waals surface area contributed by atoms with Gasteiger partial charge in [0.1, 0.15) is 17.6 Å². The van der Waals surface area contributed by atoms with Gasteiger partial charge in [-0.25, -0.2) is 9.59 Å². The SMILES string of the molecule is C.C=CCc1c(OCC(=O)OC)cccc1[C@H](C#CCC[C@H](CCCCC)OC1CCCCO1)O[Si](C)(C)C(C)(C)C.CCCCC[C@@H](CCC1=C2[C@H](CC1=O)Cc1c(OCC(=O)OC)cccc1[C@H]2O[Si](C)(C)C(C)(C)C)OC1CCCCO1. The fourth-order valence-electron chi connectivity index (χ4n) is 10.8. The number of Topliss-reactive ketones (excluding diaryl/α,β-unsaturated/α-hetero) is 1. The lowest BCUT2D eigenvalue weighted by atomic mass is 9.78. The number of ketones is 1. The topological polar surface area (TPSA) is 144 Å². The first-order chi connectivity index (χ1) is 40.0. The van der Waals surface area contributed by atoms with Crippen molar-refractivity contribution in [1.29, 1.82) is 0 Å². The maximum Gasteiger partial charge on any atom is 0.343 e. The van der Waals surface area contributed by atoms with Crippen molar-refractivity contribution in [3.63, 3.8) is 0 Å². The number of hydrogen-bond donors (Lipinski definition) is 0. The predicted molar refractivity (Wildman–Crippen MR) is 346 cm³/mol. The zero-order chi connectivity index (χ0) is 61.5. The molecule has 85 heavy (non-hydrogen) atoms. The van der Waals surface area contributed by atoms with E-state index in [0.717, 1.165) is 130 Å². The smallest absolute Gasteiger partial charge is 0.343 e. The van der Waals surface area contributed by atoms with E-state index in [4.69, 9.17) is 46.7 Å². The van der Waals surface area contributed by atoms with Gasteiger partial charge < -0.3 is 46.7 Å². The lowest BCUT2D eigenvalue weighted by Crippen LogP contribution is -2.43. The van der Waals surface area contributed by atoms with E-state index >= 15 is 0 Å². The Kier molecular flexibility index (Phi) is 30.9. The first-order valence-corrected chi connectivity index (χ1v) is 37.7. The van der Waals surface area contributed by atoms with Crippen LogP contribution in [0.15, 0.2) is 60.2 Å². The van der Waals surface area contributed by atoms with Crippen LogP contribution in [0.4, 0.5) is 0 Å². The molecule has 2 aliphatic carbocycles. The Labute approximate surface area is 516 Å². The summed E-state index contributed by atoms with van der Waals surface area (Å²) in [7, 11) is -1.69. The van der Waals surface area contributed by atoms with Crippen molar-refractivity contribution in [1.82, 2.24) is 0 Å². The van der Waals surface area contributed by atoms with Crippen molar-refractivity contribution in [2.75, 3.05) is 40.6 Å². The van der Waals surface area contributed by atoms with Gasteiger partial charge in [-0.1, -0.05) is 138 Å². The molecular weight excluding hydrogens is 1100 g/mol. The van der Waals surface area contributed by atoms with Gasteiger partial charge in [0, 0.05) is 37.2 Å². The van der Waals surface area contributed by atoms with Crippen molar-refractivity contribution in [3.8, 4) is 23.3 Å². The van der Waals surface area contributed by atoms with E-state index in [-0.39, 0.29) is 73.3 Å².